The Kier molecular flexibility index (Phi) is 4.34. The van der Waals surface area contributed by atoms with Crippen molar-refractivity contribution >= 4 is 19.9 Å². The summed E-state index contributed by atoms with van der Waals surface area (Å²) in [7, 11) is -5.71. The standard InChI is InChI=1S/C16H18N2O5S2/c1-17-10-13-11-18(7-6-12(13)8-16(17)19)25(22,23)15-5-3-4-14(9-15)24(2,20)21/h3-5,8-10H,6-7,11H2,1-2H3. The van der Waals surface area contributed by atoms with Crippen LogP contribution in [0.3, 0.4) is 0 Å². The molecule has 0 saturated carbocycles. The largest absolute Gasteiger partial charge is 0.318 e. The number of pyridine rings is 1. The molecule has 0 fully saturated rings. The van der Waals surface area contributed by atoms with Crippen LogP contribution in [0.1, 0.15) is 11.1 Å². The van der Waals surface area contributed by atoms with Gasteiger partial charge < -0.3 is 4.57 Å². The van der Waals surface area contributed by atoms with Crippen LogP contribution in [0.4, 0.5) is 0 Å². The zero-order chi connectivity index (χ0) is 18.4. The summed E-state index contributed by atoms with van der Waals surface area (Å²) >= 11 is 0. The maximum absolute atomic E-state index is 12.9. The fourth-order valence-corrected chi connectivity index (χ4v) is 5.04. The quantitative estimate of drug-likeness (QED) is 0.772. The van der Waals surface area contributed by atoms with Crippen molar-refractivity contribution in [3.05, 3.63) is 58.0 Å². The first-order valence-electron chi connectivity index (χ1n) is 7.58. The van der Waals surface area contributed by atoms with Gasteiger partial charge >= 0.3 is 0 Å². The molecule has 0 bridgehead atoms. The summed E-state index contributed by atoms with van der Waals surface area (Å²) in [5.41, 5.74) is 1.49. The molecule has 25 heavy (non-hydrogen) atoms. The number of sulfone groups is 1. The van der Waals surface area contributed by atoms with Gasteiger partial charge in [0.25, 0.3) is 5.56 Å². The number of aryl methyl sites for hydroxylation is 1. The van der Waals surface area contributed by atoms with Crippen LogP contribution in [-0.4, -0.2) is 38.5 Å². The lowest BCUT2D eigenvalue weighted by atomic mass is 10.0. The number of benzene rings is 1. The van der Waals surface area contributed by atoms with Gasteiger partial charge in [-0.2, -0.15) is 4.31 Å². The molecule has 3 rings (SSSR count). The molecule has 2 aromatic rings. The van der Waals surface area contributed by atoms with Crippen LogP contribution in [0, 0.1) is 0 Å². The molecule has 0 saturated heterocycles. The van der Waals surface area contributed by atoms with E-state index in [1.165, 1.54) is 39.2 Å². The van der Waals surface area contributed by atoms with E-state index in [2.05, 4.69) is 0 Å². The third-order valence-electron chi connectivity index (χ3n) is 4.26. The summed E-state index contributed by atoms with van der Waals surface area (Å²) in [6, 6.07) is 6.89. The molecular weight excluding hydrogens is 364 g/mol. The summed E-state index contributed by atoms with van der Waals surface area (Å²) in [6.45, 7) is 0.389. The Morgan fingerprint density at radius 2 is 1.68 bits per heavy atom. The van der Waals surface area contributed by atoms with Crippen molar-refractivity contribution in [3.63, 3.8) is 0 Å². The van der Waals surface area contributed by atoms with Crippen molar-refractivity contribution in [1.29, 1.82) is 0 Å². The van der Waals surface area contributed by atoms with Gasteiger partial charge in [-0.15, -0.1) is 0 Å². The van der Waals surface area contributed by atoms with Crippen LogP contribution >= 0.6 is 0 Å². The van der Waals surface area contributed by atoms with E-state index in [0.29, 0.717) is 6.42 Å². The molecule has 9 heteroatoms. The van der Waals surface area contributed by atoms with E-state index in [1.807, 2.05) is 0 Å². The van der Waals surface area contributed by atoms with Gasteiger partial charge in [0.15, 0.2) is 9.84 Å². The highest BCUT2D eigenvalue weighted by atomic mass is 32.2. The van der Waals surface area contributed by atoms with Crippen LogP contribution in [-0.2, 0) is 39.9 Å². The first-order valence-corrected chi connectivity index (χ1v) is 10.9. The Morgan fingerprint density at radius 3 is 2.36 bits per heavy atom. The summed E-state index contributed by atoms with van der Waals surface area (Å²) in [5.74, 6) is 0. The Morgan fingerprint density at radius 1 is 1.00 bits per heavy atom. The molecule has 0 amide bonds. The van der Waals surface area contributed by atoms with Gasteiger partial charge in [0, 0.05) is 38.7 Å². The summed E-state index contributed by atoms with van der Waals surface area (Å²) in [5, 5.41) is 0. The van der Waals surface area contributed by atoms with E-state index in [9.17, 15) is 21.6 Å². The van der Waals surface area contributed by atoms with Crippen molar-refractivity contribution in [2.24, 2.45) is 7.05 Å². The second-order valence-electron chi connectivity index (χ2n) is 6.11. The predicted octanol–water partition coefficient (Wildman–Crippen LogP) is 0.536. The highest BCUT2D eigenvalue weighted by Gasteiger charge is 2.29. The van der Waals surface area contributed by atoms with Gasteiger partial charge in [-0.1, -0.05) is 6.07 Å². The third kappa shape index (κ3) is 3.39. The van der Waals surface area contributed by atoms with Crippen LogP contribution in [0.25, 0.3) is 0 Å². The fourth-order valence-electron chi connectivity index (χ4n) is 2.83. The van der Waals surface area contributed by atoms with E-state index in [-0.39, 0.29) is 28.4 Å². The zero-order valence-corrected chi connectivity index (χ0v) is 15.5. The first-order chi connectivity index (χ1) is 11.6. The smallest absolute Gasteiger partial charge is 0.250 e. The average molecular weight is 382 g/mol. The molecule has 0 spiro atoms. The third-order valence-corrected chi connectivity index (χ3v) is 7.21. The lowest BCUT2D eigenvalue weighted by Crippen LogP contribution is -2.37. The Hall–Kier alpha value is -1.97. The molecule has 1 aliphatic rings. The molecule has 1 aromatic carbocycles. The van der Waals surface area contributed by atoms with E-state index in [4.69, 9.17) is 0 Å². The summed E-state index contributed by atoms with van der Waals surface area (Å²) < 4.78 is 51.9. The second kappa shape index (κ2) is 6.08. The van der Waals surface area contributed by atoms with Gasteiger partial charge in [0.05, 0.1) is 9.79 Å². The zero-order valence-electron chi connectivity index (χ0n) is 13.8. The number of hydrogen-bond acceptors (Lipinski definition) is 5. The van der Waals surface area contributed by atoms with Gasteiger partial charge in [-0.05, 0) is 35.7 Å². The molecule has 0 unspecified atom stereocenters. The van der Waals surface area contributed by atoms with Crippen molar-refractivity contribution in [2.75, 3.05) is 12.8 Å². The van der Waals surface area contributed by atoms with E-state index < -0.39 is 19.9 Å². The minimum atomic E-state index is -3.83. The Labute approximate surface area is 146 Å². The molecular formula is C16H18N2O5S2. The van der Waals surface area contributed by atoms with Crippen LogP contribution in [0.15, 0.2) is 51.1 Å². The topological polar surface area (TPSA) is 93.5 Å². The lowest BCUT2D eigenvalue weighted by Gasteiger charge is -2.28. The van der Waals surface area contributed by atoms with Crippen LogP contribution in [0.5, 0.6) is 0 Å². The summed E-state index contributed by atoms with van der Waals surface area (Å²) in [4.78, 5) is 11.6. The van der Waals surface area contributed by atoms with Gasteiger partial charge in [-0.25, -0.2) is 16.8 Å². The molecule has 0 radical (unpaired) electrons. The maximum atomic E-state index is 12.9. The number of fused-ring (bicyclic) bond motifs is 1. The van der Waals surface area contributed by atoms with Crippen LogP contribution < -0.4 is 5.56 Å². The summed E-state index contributed by atoms with van der Waals surface area (Å²) in [6.07, 6.45) is 3.12. The predicted molar refractivity (Wildman–Crippen MR) is 92.5 cm³/mol. The molecule has 0 aliphatic carbocycles. The van der Waals surface area contributed by atoms with E-state index in [0.717, 1.165) is 17.4 Å². The van der Waals surface area contributed by atoms with Crippen molar-refractivity contribution in [3.8, 4) is 0 Å². The number of nitrogens with zero attached hydrogens (tertiary/aromatic N) is 2. The van der Waals surface area contributed by atoms with Crippen molar-refractivity contribution in [2.45, 2.75) is 22.8 Å². The lowest BCUT2D eigenvalue weighted by molar-refractivity contribution is 0.389. The van der Waals surface area contributed by atoms with Gasteiger partial charge in [0.2, 0.25) is 10.0 Å². The van der Waals surface area contributed by atoms with Gasteiger partial charge in [-0.3, -0.25) is 4.79 Å². The Balaban J connectivity index is 1.99. The van der Waals surface area contributed by atoms with Crippen molar-refractivity contribution in [1.82, 2.24) is 8.87 Å². The fraction of sp³-hybridized carbons (Fsp3) is 0.312. The Bertz CT molecular complexity index is 1100. The molecule has 134 valence electrons. The van der Waals surface area contributed by atoms with E-state index >= 15 is 0 Å². The number of sulfonamides is 1. The molecule has 2 heterocycles. The maximum Gasteiger partial charge on any atom is 0.250 e. The molecule has 0 N–H and O–H groups in total. The minimum Gasteiger partial charge on any atom is -0.318 e. The average Bonchev–Trinajstić information content (AvgIpc) is 2.55. The van der Waals surface area contributed by atoms with Crippen molar-refractivity contribution < 1.29 is 16.8 Å². The molecule has 7 nitrogen and oxygen atoms in total. The molecule has 0 atom stereocenters. The number of hydrogen-bond donors (Lipinski definition) is 0. The minimum absolute atomic E-state index is 0.0339. The van der Waals surface area contributed by atoms with E-state index in [1.54, 1.807) is 13.2 Å². The normalized spacial score (nSPS) is 15.8. The first kappa shape index (κ1) is 17.8. The highest BCUT2D eigenvalue weighted by molar-refractivity contribution is 7.91. The number of rotatable bonds is 3. The molecule has 1 aliphatic heterocycles. The second-order valence-corrected chi connectivity index (χ2v) is 10.1. The SMILES string of the molecule is Cn1cc2c(cc1=O)CCN(S(=O)(=O)c1cccc(S(C)(=O)=O)c1)C2. The highest BCUT2D eigenvalue weighted by Crippen LogP contribution is 2.25. The van der Waals surface area contributed by atoms with Gasteiger partial charge in [0.1, 0.15) is 0 Å². The molecule has 1 aromatic heterocycles. The van der Waals surface area contributed by atoms with Crippen LogP contribution in [0.2, 0.25) is 0 Å². The monoisotopic (exact) mass is 382 g/mol. The number of aromatic nitrogens is 1.